The van der Waals surface area contributed by atoms with E-state index < -0.39 is 11.1 Å². The number of nitrogens with zero attached hydrogens (tertiary/aromatic N) is 1. The predicted octanol–water partition coefficient (Wildman–Crippen LogP) is 5.40. The summed E-state index contributed by atoms with van der Waals surface area (Å²) in [7, 11) is 6.17. The molecule has 0 aliphatic carbocycles. The largest absolute Gasteiger partial charge is 0.493 e. The smallest absolute Gasteiger partial charge is 0.206 e. The molecule has 2 heterocycles. The maximum absolute atomic E-state index is 12.0. The molecule has 7 nitrogen and oxygen atoms in total. The molecule has 2 unspecified atom stereocenters. The van der Waals surface area contributed by atoms with Gasteiger partial charge in [0.1, 0.15) is 0 Å². The normalized spacial score (nSPS) is 16.8. The van der Waals surface area contributed by atoms with Crippen LogP contribution in [0.15, 0.2) is 24.3 Å². The standard InChI is InChI=1S/C22H27NO5S.C2H6.H2INS/c1-5-29(24)28-22-12-17-14(9-21(22)27-4)6-7-23-13-16-11-20(26-3)19(25-2)10-15(16)8-18(17)23;1-2;1-3-2/h9-12,18H,5-8,13H2,1-4H3;1-2H3;2H2. The number of hydrogen-bond donors (Lipinski definition) is 1. The van der Waals surface area contributed by atoms with E-state index in [1.165, 1.54) is 31.4 Å². The molecule has 0 bridgehead atoms. The maximum atomic E-state index is 12.0. The number of ether oxygens (including phenoxy) is 3. The fourth-order valence-electron chi connectivity index (χ4n) is 4.30. The highest BCUT2D eigenvalue weighted by atomic mass is 127. The molecule has 34 heavy (non-hydrogen) atoms. The van der Waals surface area contributed by atoms with Crippen LogP contribution in [0.4, 0.5) is 0 Å². The van der Waals surface area contributed by atoms with Crippen molar-refractivity contribution < 1.29 is 22.6 Å². The second kappa shape index (κ2) is 14.4. The van der Waals surface area contributed by atoms with Crippen LogP contribution >= 0.6 is 30.3 Å². The first-order valence-electron chi connectivity index (χ1n) is 11.2. The summed E-state index contributed by atoms with van der Waals surface area (Å²) in [6, 6.07) is 8.48. The molecule has 0 spiro atoms. The van der Waals surface area contributed by atoms with E-state index in [0.717, 1.165) is 37.4 Å². The molecule has 2 N–H and O–H groups in total. The molecule has 4 rings (SSSR count). The molecular weight excluding hydrogens is 587 g/mol. The highest BCUT2D eigenvalue weighted by molar-refractivity contribution is 14.2. The first kappa shape index (κ1) is 29.0. The molecule has 0 aromatic heterocycles. The summed E-state index contributed by atoms with van der Waals surface area (Å²) in [6.45, 7) is 7.68. The second-order valence-corrected chi connectivity index (χ2v) is 10.4. The monoisotopic (exact) mass is 622 g/mol. The van der Waals surface area contributed by atoms with Gasteiger partial charge in [-0.25, -0.2) is 4.21 Å². The summed E-state index contributed by atoms with van der Waals surface area (Å²) in [4.78, 5) is 2.49. The SMILES string of the molecule is CC.CCS(=O)Oc1cc2c(cc1OC)CCN1Cc3cc(OC)c(OC)cc3CC21.NSI. The molecule has 2 aliphatic heterocycles. The van der Waals surface area contributed by atoms with Gasteiger partial charge in [0.05, 0.1) is 27.1 Å². The lowest BCUT2D eigenvalue weighted by Crippen LogP contribution is -2.39. The van der Waals surface area contributed by atoms with Crippen molar-refractivity contribution in [3.63, 3.8) is 0 Å². The van der Waals surface area contributed by atoms with E-state index in [1.807, 2.05) is 54.1 Å². The van der Waals surface area contributed by atoms with Gasteiger partial charge in [-0.05, 0) is 68.5 Å². The highest BCUT2D eigenvalue weighted by Gasteiger charge is 2.34. The van der Waals surface area contributed by atoms with Gasteiger partial charge in [0, 0.05) is 40.3 Å². The van der Waals surface area contributed by atoms with Gasteiger partial charge in [0.15, 0.2) is 23.0 Å². The summed E-state index contributed by atoms with van der Waals surface area (Å²) in [6.07, 6.45) is 1.83. The number of fused-ring (bicyclic) bond motifs is 4. The predicted molar refractivity (Wildman–Crippen MR) is 150 cm³/mol. The Labute approximate surface area is 222 Å². The molecule has 2 aromatic carbocycles. The van der Waals surface area contributed by atoms with Crippen LogP contribution in [-0.2, 0) is 30.5 Å². The topological polar surface area (TPSA) is 83.2 Å². The fourth-order valence-corrected chi connectivity index (χ4v) is 4.75. The van der Waals surface area contributed by atoms with E-state index in [1.54, 1.807) is 21.3 Å². The van der Waals surface area contributed by atoms with Crippen molar-refractivity contribution in [3.05, 3.63) is 46.5 Å². The lowest BCUT2D eigenvalue weighted by molar-refractivity contribution is 0.160. The van der Waals surface area contributed by atoms with Gasteiger partial charge >= 0.3 is 0 Å². The molecule has 0 amide bonds. The summed E-state index contributed by atoms with van der Waals surface area (Å²) in [5.74, 6) is 3.15. The molecular formula is C24H35IN2O5S2. The van der Waals surface area contributed by atoms with E-state index in [-0.39, 0.29) is 6.04 Å². The Kier molecular flexibility index (Phi) is 12.3. The Bertz CT molecular complexity index is 977. The Morgan fingerprint density at radius 1 is 1.00 bits per heavy atom. The minimum absolute atomic E-state index is 0.243. The Morgan fingerprint density at radius 2 is 1.53 bits per heavy atom. The fraction of sp³-hybridized carbons (Fsp3) is 0.500. The first-order chi connectivity index (χ1) is 16.5. The summed E-state index contributed by atoms with van der Waals surface area (Å²) in [5.41, 5.74) is 5.04. The molecule has 0 saturated carbocycles. The number of benzene rings is 2. The van der Waals surface area contributed by atoms with Crippen LogP contribution in [-0.4, -0.2) is 42.7 Å². The van der Waals surface area contributed by atoms with Crippen molar-refractivity contribution in [1.29, 1.82) is 0 Å². The van der Waals surface area contributed by atoms with Gasteiger partial charge in [-0.1, -0.05) is 20.8 Å². The van der Waals surface area contributed by atoms with E-state index in [4.69, 9.17) is 23.5 Å². The quantitative estimate of drug-likeness (QED) is 0.339. The Hall–Kier alpha value is -1.21. The van der Waals surface area contributed by atoms with Crippen LogP contribution in [0.3, 0.4) is 0 Å². The molecule has 0 radical (unpaired) electrons. The zero-order chi connectivity index (χ0) is 25.3. The van der Waals surface area contributed by atoms with Gasteiger partial charge in [-0.15, -0.1) is 0 Å². The molecule has 190 valence electrons. The van der Waals surface area contributed by atoms with Gasteiger partial charge in [-0.2, -0.15) is 0 Å². The number of halogens is 1. The summed E-state index contributed by atoms with van der Waals surface area (Å²) in [5, 5.41) is 4.75. The van der Waals surface area contributed by atoms with Crippen molar-refractivity contribution in [2.45, 2.75) is 46.2 Å². The lowest BCUT2D eigenvalue weighted by atomic mass is 9.83. The molecule has 10 heteroatoms. The van der Waals surface area contributed by atoms with Crippen LogP contribution in [0.1, 0.15) is 49.1 Å². The third kappa shape index (κ3) is 6.71. The number of rotatable bonds is 6. The number of hydrogen-bond acceptors (Lipinski definition) is 8. The van der Waals surface area contributed by atoms with Crippen molar-refractivity contribution in [1.82, 2.24) is 4.90 Å². The molecule has 2 atom stereocenters. The number of methoxy groups -OCH3 is 3. The third-order valence-electron chi connectivity index (χ3n) is 5.80. The maximum Gasteiger partial charge on any atom is 0.206 e. The van der Waals surface area contributed by atoms with Crippen LogP contribution in [0.25, 0.3) is 0 Å². The molecule has 2 aromatic rings. The zero-order valence-electron chi connectivity index (χ0n) is 20.7. The van der Waals surface area contributed by atoms with E-state index in [9.17, 15) is 4.21 Å². The van der Waals surface area contributed by atoms with E-state index >= 15 is 0 Å². The van der Waals surface area contributed by atoms with Crippen molar-refractivity contribution >= 4 is 41.4 Å². The van der Waals surface area contributed by atoms with Gasteiger partial charge in [0.2, 0.25) is 11.1 Å². The van der Waals surface area contributed by atoms with Crippen molar-refractivity contribution in [3.8, 4) is 23.0 Å². The number of nitrogens with two attached hydrogens (primary N) is 1. The minimum Gasteiger partial charge on any atom is -0.493 e. The summed E-state index contributed by atoms with van der Waals surface area (Å²) >= 11 is 0.614. The Morgan fingerprint density at radius 3 is 2.09 bits per heavy atom. The average Bonchev–Trinajstić information content (AvgIpc) is 2.87. The Balaban J connectivity index is 0.000000758. The van der Waals surface area contributed by atoms with Crippen molar-refractivity contribution in [2.75, 3.05) is 33.6 Å². The first-order valence-corrected chi connectivity index (χ1v) is 15.9. The lowest BCUT2D eigenvalue weighted by Gasteiger charge is -2.41. The van der Waals surface area contributed by atoms with Crippen LogP contribution in [0.5, 0.6) is 23.0 Å². The van der Waals surface area contributed by atoms with E-state index in [2.05, 4.69) is 17.0 Å². The highest BCUT2D eigenvalue weighted by Crippen LogP contribution is 2.44. The second-order valence-electron chi connectivity index (χ2n) is 7.38. The van der Waals surface area contributed by atoms with Crippen LogP contribution in [0, 0.1) is 0 Å². The average molecular weight is 623 g/mol. The van der Waals surface area contributed by atoms with Crippen molar-refractivity contribution in [2.24, 2.45) is 5.14 Å². The molecule has 2 aliphatic rings. The van der Waals surface area contributed by atoms with Gasteiger partial charge in [0.25, 0.3) is 0 Å². The van der Waals surface area contributed by atoms with E-state index in [0.29, 0.717) is 17.3 Å². The van der Waals surface area contributed by atoms with Gasteiger partial charge in [-0.3, -0.25) is 10.0 Å². The van der Waals surface area contributed by atoms with Gasteiger partial charge < -0.3 is 18.4 Å². The summed E-state index contributed by atoms with van der Waals surface area (Å²) < 4.78 is 34.1. The zero-order valence-corrected chi connectivity index (χ0v) is 24.5. The molecule has 0 fully saturated rings. The minimum atomic E-state index is -1.37. The molecule has 0 saturated heterocycles. The van der Waals surface area contributed by atoms with Crippen LogP contribution < -0.4 is 23.5 Å². The van der Waals surface area contributed by atoms with Crippen LogP contribution in [0.2, 0.25) is 0 Å². The third-order valence-corrected chi connectivity index (χ3v) is 6.64.